The van der Waals surface area contributed by atoms with Crippen LogP contribution in [0.5, 0.6) is 0 Å². The summed E-state index contributed by atoms with van der Waals surface area (Å²) in [7, 11) is 0. The van der Waals surface area contributed by atoms with Crippen LogP contribution in [0.4, 0.5) is 4.79 Å². The Morgan fingerprint density at radius 1 is 1.56 bits per heavy atom. The first-order valence-corrected chi connectivity index (χ1v) is 5.55. The average molecular weight is 284 g/mol. The summed E-state index contributed by atoms with van der Waals surface area (Å²) in [5.41, 5.74) is 1.83. The molecule has 0 fully saturated rings. The number of rotatable bonds is 3. The minimum absolute atomic E-state index is 0.357. The lowest BCUT2D eigenvalue weighted by Crippen LogP contribution is -2.23. The third kappa shape index (κ3) is 2.52. The lowest BCUT2D eigenvalue weighted by molar-refractivity contribution is 0.194. The van der Waals surface area contributed by atoms with Gasteiger partial charge in [-0.05, 0) is 18.2 Å². The number of hydrogen-bond donors (Lipinski definition) is 3. The van der Waals surface area contributed by atoms with E-state index in [1.54, 1.807) is 0 Å². The van der Waals surface area contributed by atoms with E-state index < -0.39 is 6.09 Å². The number of imidazole rings is 1. The zero-order chi connectivity index (χ0) is 11.5. The number of carbonyl (C=O) groups is 1. The second-order valence-electron chi connectivity index (χ2n) is 3.33. The van der Waals surface area contributed by atoms with Crippen molar-refractivity contribution in [1.29, 1.82) is 0 Å². The van der Waals surface area contributed by atoms with Crippen LogP contribution >= 0.6 is 15.9 Å². The van der Waals surface area contributed by atoms with Crippen molar-refractivity contribution in [3.63, 3.8) is 0 Å². The van der Waals surface area contributed by atoms with Crippen molar-refractivity contribution in [2.75, 3.05) is 6.54 Å². The summed E-state index contributed by atoms with van der Waals surface area (Å²) >= 11 is 3.38. The molecule has 1 aromatic carbocycles. The van der Waals surface area contributed by atoms with E-state index in [4.69, 9.17) is 5.11 Å². The number of carboxylic acid groups (broad SMARTS) is 1. The Morgan fingerprint density at radius 3 is 3.12 bits per heavy atom. The molecule has 16 heavy (non-hydrogen) atoms. The lowest BCUT2D eigenvalue weighted by atomic mass is 10.3. The van der Waals surface area contributed by atoms with Gasteiger partial charge < -0.3 is 15.4 Å². The van der Waals surface area contributed by atoms with E-state index in [0.717, 1.165) is 21.3 Å². The molecule has 3 N–H and O–H groups in total. The largest absolute Gasteiger partial charge is 0.465 e. The van der Waals surface area contributed by atoms with Crippen LogP contribution in [0, 0.1) is 0 Å². The molecule has 0 atom stereocenters. The van der Waals surface area contributed by atoms with Crippen molar-refractivity contribution in [2.45, 2.75) is 6.42 Å². The van der Waals surface area contributed by atoms with Gasteiger partial charge in [0.05, 0.1) is 11.0 Å². The standard InChI is InChI=1S/C10H10BrN3O2/c11-6-1-2-7-8(5-6)14-9(13-7)3-4-12-10(15)16/h1-2,5,12H,3-4H2,(H,13,14)(H,15,16). The summed E-state index contributed by atoms with van der Waals surface area (Å²) < 4.78 is 0.985. The molecule has 84 valence electrons. The first-order valence-electron chi connectivity index (χ1n) is 4.76. The summed E-state index contributed by atoms with van der Waals surface area (Å²) in [6, 6.07) is 5.77. The number of benzene rings is 1. The van der Waals surface area contributed by atoms with E-state index in [1.165, 1.54) is 0 Å². The molecule has 5 nitrogen and oxygen atoms in total. The molecule has 6 heteroatoms. The van der Waals surface area contributed by atoms with Crippen LogP contribution in [0.25, 0.3) is 11.0 Å². The molecule has 0 bridgehead atoms. The van der Waals surface area contributed by atoms with Gasteiger partial charge in [0, 0.05) is 17.4 Å². The fourth-order valence-electron chi connectivity index (χ4n) is 1.44. The monoisotopic (exact) mass is 283 g/mol. The molecule has 0 saturated heterocycles. The minimum atomic E-state index is -1.01. The summed E-state index contributed by atoms with van der Waals surface area (Å²) in [5, 5.41) is 10.7. The Kier molecular flexibility index (Phi) is 3.09. The Labute approximate surface area is 100 Å². The van der Waals surface area contributed by atoms with Crippen LogP contribution in [0.1, 0.15) is 5.82 Å². The van der Waals surface area contributed by atoms with E-state index in [9.17, 15) is 4.79 Å². The molecule has 0 spiro atoms. The van der Waals surface area contributed by atoms with Gasteiger partial charge in [0.2, 0.25) is 0 Å². The maximum Gasteiger partial charge on any atom is 0.404 e. The van der Waals surface area contributed by atoms with E-state index in [-0.39, 0.29) is 0 Å². The zero-order valence-corrected chi connectivity index (χ0v) is 9.91. The number of nitrogens with one attached hydrogen (secondary N) is 2. The molecular weight excluding hydrogens is 274 g/mol. The minimum Gasteiger partial charge on any atom is -0.465 e. The summed E-state index contributed by atoms with van der Waals surface area (Å²) in [6.45, 7) is 0.357. The van der Waals surface area contributed by atoms with Crippen LogP contribution in [0.2, 0.25) is 0 Å². The molecule has 2 aromatic rings. The van der Waals surface area contributed by atoms with Crippen molar-refractivity contribution < 1.29 is 9.90 Å². The van der Waals surface area contributed by atoms with Crippen molar-refractivity contribution in [3.05, 3.63) is 28.5 Å². The molecule has 1 amide bonds. The van der Waals surface area contributed by atoms with Crippen LogP contribution in [-0.4, -0.2) is 27.7 Å². The van der Waals surface area contributed by atoms with E-state index in [1.807, 2.05) is 18.2 Å². The first-order chi connectivity index (χ1) is 7.65. The smallest absolute Gasteiger partial charge is 0.404 e. The predicted molar refractivity (Wildman–Crippen MR) is 63.5 cm³/mol. The van der Waals surface area contributed by atoms with Crippen LogP contribution < -0.4 is 5.32 Å². The fraction of sp³-hybridized carbons (Fsp3) is 0.200. The number of aromatic amines is 1. The highest BCUT2D eigenvalue weighted by molar-refractivity contribution is 9.10. The summed E-state index contributed by atoms with van der Waals surface area (Å²) in [4.78, 5) is 17.7. The molecule has 0 unspecified atom stereocenters. The Balaban J connectivity index is 2.10. The molecule has 0 aliphatic carbocycles. The van der Waals surface area contributed by atoms with Crippen molar-refractivity contribution in [2.24, 2.45) is 0 Å². The number of halogens is 1. The highest BCUT2D eigenvalue weighted by Gasteiger charge is 2.03. The first kappa shape index (κ1) is 10.9. The maximum absolute atomic E-state index is 10.3. The third-order valence-electron chi connectivity index (χ3n) is 2.13. The van der Waals surface area contributed by atoms with Gasteiger partial charge in [-0.3, -0.25) is 0 Å². The molecular formula is C10H10BrN3O2. The molecule has 0 radical (unpaired) electrons. The normalized spacial score (nSPS) is 10.6. The Hall–Kier alpha value is -1.56. The molecule has 0 aliphatic rings. The number of fused-ring (bicyclic) bond motifs is 1. The van der Waals surface area contributed by atoms with Crippen LogP contribution in [0.15, 0.2) is 22.7 Å². The average Bonchev–Trinajstić information content (AvgIpc) is 2.58. The van der Waals surface area contributed by atoms with Crippen molar-refractivity contribution in [1.82, 2.24) is 15.3 Å². The van der Waals surface area contributed by atoms with Gasteiger partial charge in [-0.25, -0.2) is 9.78 Å². The number of amides is 1. The topological polar surface area (TPSA) is 78.0 Å². The van der Waals surface area contributed by atoms with Crippen LogP contribution in [-0.2, 0) is 6.42 Å². The van der Waals surface area contributed by atoms with Crippen LogP contribution in [0.3, 0.4) is 0 Å². The lowest BCUT2D eigenvalue weighted by Gasteiger charge is -1.96. The van der Waals surface area contributed by atoms with Gasteiger partial charge in [0.1, 0.15) is 5.82 Å². The zero-order valence-electron chi connectivity index (χ0n) is 8.33. The van der Waals surface area contributed by atoms with Crippen molar-refractivity contribution >= 4 is 33.1 Å². The van der Waals surface area contributed by atoms with E-state index in [0.29, 0.717) is 13.0 Å². The van der Waals surface area contributed by atoms with Gasteiger partial charge in [0.15, 0.2) is 0 Å². The quantitative estimate of drug-likeness (QED) is 0.808. The van der Waals surface area contributed by atoms with Gasteiger partial charge >= 0.3 is 6.09 Å². The highest BCUT2D eigenvalue weighted by atomic mass is 79.9. The number of H-pyrrole nitrogens is 1. The number of nitrogens with zero attached hydrogens (tertiary/aromatic N) is 1. The summed E-state index contributed by atoms with van der Waals surface area (Å²) in [5.74, 6) is 0.779. The molecule has 1 aromatic heterocycles. The third-order valence-corrected chi connectivity index (χ3v) is 2.62. The predicted octanol–water partition coefficient (Wildman–Crippen LogP) is 2.14. The van der Waals surface area contributed by atoms with Gasteiger partial charge in [-0.1, -0.05) is 15.9 Å². The molecule has 0 saturated carbocycles. The van der Waals surface area contributed by atoms with E-state index >= 15 is 0 Å². The van der Waals surface area contributed by atoms with Gasteiger partial charge in [-0.15, -0.1) is 0 Å². The van der Waals surface area contributed by atoms with E-state index in [2.05, 4.69) is 31.2 Å². The number of aromatic nitrogens is 2. The fourth-order valence-corrected chi connectivity index (χ4v) is 1.80. The Bertz CT molecular complexity index is 524. The maximum atomic E-state index is 10.3. The van der Waals surface area contributed by atoms with Gasteiger partial charge in [-0.2, -0.15) is 0 Å². The van der Waals surface area contributed by atoms with Gasteiger partial charge in [0.25, 0.3) is 0 Å². The second kappa shape index (κ2) is 4.52. The highest BCUT2D eigenvalue weighted by Crippen LogP contribution is 2.17. The molecule has 1 heterocycles. The number of hydrogen-bond acceptors (Lipinski definition) is 2. The SMILES string of the molecule is O=C(O)NCCc1nc2ccc(Br)cc2[nH]1. The Morgan fingerprint density at radius 2 is 2.38 bits per heavy atom. The second-order valence-corrected chi connectivity index (χ2v) is 4.24. The summed E-state index contributed by atoms with van der Waals surface area (Å²) in [6.07, 6.45) is -0.461. The molecule has 2 rings (SSSR count). The molecule has 0 aliphatic heterocycles. The van der Waals surface area contributed by atoms with Crippen molar-refractivity contribution in [3.8, 4) is 0 Å².